The number of aliphatic hydroxyl groups is 1. The van der Waals surface area contributed by atoms with Crippen molar-refractivity contribution < 1.29 is 5.11 Å². The van der Waals surface area contributed by atoms with E-state index < -0.39 is 5.60 Å². The van der Waals surface area contributed by atoms with Crippen LogP contribution in [0.1, 0.15) is 59.8 Å². The summed E-state index contributed by atoms with van der Waals surface area (Å²) in [7, 11) is 0. The normalized spacial score (nSPS) is 64.7. The quantitative estimate of drug-likeness (QED) is 0.664. The molecule has 3 rings (SSSR count). The summed E-state index contributed by atoms with van der Waals surface area (Å²) in [5.74, 6) is 2.27. The smallest absolute Gasteiger partial charge is 0.0656 e. The van der Waals surface area contributed by atoms with E-state index in [1.165, 1.54) is 25.7 Å². The van der Waals surface area contributed by atoms with Crippen molar-refractivity contribution in [2.45, 2.75) is 65.4 Å². The predicted octanol–water partition coefficient (Wildman–Crippen LogP) is 3.61. The molecule has 1 spiro atoms. The zero-order valence-corrected chi connectivity index (χ0v) is 11.2. The summed E-state index contributed by atoms with van der Waals surface area (Å²) < 4.78 is 0. The minimum absolute atomic E-state index is 0.419. The Morgan fingerprint density at radius 3 is 2.44 bits per heavy atom. The molecule has 0 radical (unpaired) electrons. The molecule has 16 heavy (non-hydrogen) atoms. The summed E-state index contributed by atoms with van der Waals surface area (Å²) >= 11 is 0. The molecule has 1 N–H and O–H groups in total. The lowest BCUT2D eigenvalue weighted by Crippen LogP contribution is -2.40. The molecule has 3 aliphatic rings. The van der Waals surface area contributed by atoms with Crippen LogP contribution in [0.25, 0.3) is 0 Å². The van der Waals surface area contributed by atoms with E-state index in [-0.39, 0.29) is 0 Å². The fraction of sp³-hybridized carbons (Fsp3) is 1.00. The van der Waals surface area contributed by atoms with Gasteiger partial charge >= 0.3 is 0 Å². The molecule has 3 saturated carbocycles. The maximum Gasteiger partial charge on any atom is 0.0656 e. The molecular formula is C15H26O. The average Bonchev–Trinajstić information content (AvgIpc) is 2.68. The highest BCUT2D eigenvalue weighted by Gasteiger charge is 2.71. The summed E-state index contributed by atoms with van der Waals surface area (Å²) in [6.45, 7) is 9.30. The summed E-state index contributed by atoms with van der Waals surface area (Å²) in [5.41, 5.74) is 0.471. The predicted molar refractivity (Wildman–Crippen MR) is 66.1 cm³/mol. The van der Waals surface area contributed by atoms with Gasteiger partial charge < -0.3 is 5.11 Å². The van der Waals surface area contributed by atoms with Crippen molar-refractivity contribution in [2.24, 2.45) is 28.6 Å². The van der Waals surface area contributed by atoms with Gasteiger partial charge in [0.2, 0.25) is 0 Å². The summed E-state index contributed by atoms with van der Waals surface area (Å²) in [6, 6.07) is 0. The van der Waals surface area contributed by atoms with Crippen molar-refractivity contribution in [3.05, 3.63) is 0 Å². The van der Waals surface area contributed by atoms with E-state index in [1.54, 1.807) is 0 Å². The van der Waals surface area contributed by atoms with Crippen LogP contribution in [-0.2, 0) is 0 Å². The average molecular weight is 222 g/mol. The van der Waals surface area contributed by atoms with Crippen LogP contribution >= 0.6 is 0 Å². The van der Waals surface area contributed by atoms with E-state index in [0.717, 1.165) is 18.3 Å². The number of rotatable bonds is 0. The molecule has 0 aromatic rings. The van der Waals surface area contributed by atoms with E-state index >= 15 is 0 Å². The monoisotopic (exact) mass is 222 g/mol. The Hall–Kier alpha value is -0.0400. The molecule has 3 aliphatic carbocycles. The molecule has 92 valence electrons. The van der Waals surface area contributed by atoms with Crippen LogP contribution in [0.5, 0.6) is 0 Å². The van der Waals surface area contributed by atoms with Gasteiger partial charge in [-0.15, -0.1) is 0 Å². The van der Waals surface area contributed by atoms with Crippen molar-refractivity contribution in [3.63, 3.8) is 0 Å². The van der Waals surface area contributed by atoms with E-state index in [4.69, 9.17) is 0 Å². The molecule has 0 aromatic heterocycles. The molecule has 0 heterocycles. The van der Waals surface area contributed by atoms with E-state index in [9.17, 15) is 5.11 Å². The van der Waals surface area contributed by atoms with Crippen molar-refractivity contribution >= 4 is 0 Å². The summed E-state index contributed by atoms with van der Waals surface area (Å²) in [6.07, 6.45) is 6.55. The van der Waals surface area contributed by atoms with Crippen LogP contribution < -0.4 is 0 Å². The van der Waals surface area contributed by atoms with Crippen LogP contribution in [0.15, 0.2) is 0 Å². The second-order valence-electron chi connectivity index (χ2n) is 7.52. The second kappa shape index (κ2) is 2.85. The lowest BCUT2D eigenvalue weighted by Gasteiger charge is -2.42. The van der Waals surface area contributed by atoms with Gasteiger partial charge in [-0.3, -0.25) is 0 Å². The van der Waals surface area contributed by atoms with Crippen molar-refractivity contribution in [1.29, 1.82) is 0 Å². The lowest BCUT2D eigenvalue weighted by atomic mass is 9.62. The third-order valence-corrected chi connectivity index (χ3v) is 6.95. The van der Waals surface area contributed by atoms with E-state index in [0.29, 0.717) is 16.7 Å². The van der Waals surface area contributed by atoms with Gasteiger partial charge in [0.1, 0.15) is 0 Å². The Morgan fingerprint density at radius 1 is 1.06 bits per heavy atom. The Bertz CT molecular complexity index is 321. The van der Waals surface area contributed by atoms with Gasteiger partial charge in [0.15, 0.2) is 0 Å². The molecule has 0 saturated heterocycles. The molecular weight excluding hydrogens is 196 g/mol. The van der Waals surface area contributed by atoms with Gasteiger partial charge in [0, 0.05) is 0 Å². The Labute approximate surface area is 99.6 Å². The van der Waals surface area contributed by atoms with Gasteiger partial charge in [0.25, 0.3) is 0 Å². The summed E-state index contributed by atoms with van der Waals surface area (Å²) in [4.78, 5) is 0. The zero-order chi connectivity index (χ0) is 11.8. The van der Waals surface area contributed by atoms with Gasteiger partial charge in [-0.1, -0.05) is 20.8 Å². The van der Waals surface area contributed by atoms with Gasteiger partial charge in [-0.25, -0.2) is 0 Å². The van der Waals surface area contributed by atoms with Crippen LogP contribution in [0.3, 0.4) is 0 Å². The first kappa shape index (κ1) is 11.1. The highest BCUT2D eigenvalue weighted by Crippen LogP contribution is 2.76. The van der Waals surface area contributed by atoms with Crippen molar-refractivity contribution in [1.82, 2.24) is 0 Å². The molecule has 3 fully saturated rings. The number of hydrogen-bond acceptors (Lipinski definition) is 1. The maximum atomic E-state index is 10.7. The molecule has 6 atom stereocenters. The maximum absolute atomic E-state index is 10.7. The Kier molecular flexibility index (Phi) is 1.98. The Morgan fingerprint density at radius 2 is 1.75 bits per heavy atom. The standard InChI is InChI=1S/C15H26O/c1-10-5-8-15-11(2)14(4,16)9-13(15,3)7-6-12(10)15/h10-12,16H,5-9H2,1-4H3/t10-,11-,12+,13+,14-,15?/m1/s1. The molecule has 1 heteroatoms. The molecule has 0 bridgehead atoms. The third kappa shape index (κ3) is 0.978. The largest absolute Gasteiger partial charge is 0.390 e. The van der Waals surface area contributed by atoms with Crippen LogP contribution in [0.4, 0.5) is 0 Å². The van der Waals surface area contributed by atoms with Gasteiger partial charge in [0.05, 0.1) is 5.60 Å². The molecule has 0 aliphatic heterocycles. The zero-order valence-electron chi connectivity index (χ0n) is 11.2. The summed E-state index contributed by atoms with van der Waals surface area (Å²) in [5, 5.41) is 10.7. The first-order valence-electron chi connectivity index (χ1n) is 7.06. The van der Waals surface area contributed by atoms with Gasteiger partial charge in [-0.05, 0) is 67.6 Å². The topological polar surface area (TPSA) is 20.2 Å². The Balaban J connectivity index is 2.10. The van der Waals surface area contributed by atoms with Crippen LogP contribution in [0, 0.1) is 28.6 Å². The van der Waals surface area contributed by atoms with E-state index in [2.05, 4.69) is 27.7 Å². The first-order valence-corrected chi connectivity index (χ1v) is 7.06. The van der Waals surface area contributed by atoms with Crippen LogP contribution in [-0.4, -0.2) is 10.7 Å². The minimum Gasteiger partial charge on any atom is -0.390 e. The van der Waals surface area contributed by atoms with Crippen LogP contribution in [0.2, 0.25) is 0 Å². The minimum atomic E-state index is -0.419. The second-order valence-corrected chi connectivity index (χ2v) is 7.52. The lowest BCUT2D eigenvalue weighted by molar-refractivity contribution is -0.0179. The van der Waals surface area contributed by atoms with E-state index in [1.807, 2.05) is 0 Å². The highest BCUT2D eigenvalue weighted by molar-refractivity contribution is 5.20. The fourth-order valence-electron chi connectivity index (χ4n) is 6.17. The third-order valence-electron chi connectivity index (χ3n) is 6.95. The number of hydrogen-bond donors (Lipinski definition) is 1. The van der Waals surface area contributed by atoms with Crippen molar-refractivity contribution in [2.75, 3.05) is 0 Å². The SMILES string of the molecule is C[C@@H]1CCC23[C@H]1CC[C@@]2(C)C[C@@](C)(O)[C@H]3C. The van der Waals surface area contributed by atoms with Gasteiger partial charge in [-0.2, -0.15) is 0 Å². The van der Waals surface area contributed by atoms with Crippen molar-refractivity contribution in [3.8, 4) is 0 Å². The first-order chi connectivity index (χ1) is 7.33. The molecule has 1 unspecified atom stereocenters. The molecule has 1 nitrogen and oxygen atoms in total. The highest BCUT2D eigenvalue weighted by atomic mass is 16.3. The molecule has 0 aromatic carbocycles. The molecule has 0 amide bonds. The fourth-order valence-corrected chi connectivity index (χ4v) is 6.17.